The highest BCUT2D eigenvalue weighted by atomic mass is 79.9. The minimum absolute atomic E-state index is 0.391. The van der Waals surface area contributed by atoms with Gasteiger partial charge in [0.15, 0.2) is 9.74 Å². The molecule has 0 aromatic carbocycles. The fourth-order valence-electron chi connectivity index (χ4n) is 0.287. The Hall–Kier alpha value is 0.330. The van der Waals surface area contributed by atoms with Gasteiger partial charge in [-0.2, -0.15) is 4.37 Å². The van der Waals surface area contributed by atoms with Crippen molar-refractivity contribution in [2.75, 3.05) is 0 Å². The Morgan fingerprint density at radius 3 is 2.75 bits per heavy atom. The molecule has 0 amide bonds. The quantitative estimate of drug-likeness (QED) is 0.667. The first kappa shape index (κ1) is 6.45. The van der Waals surface area contributed by atoms with E-state index in [9.17, 15) is 0 Å². The van der Waals surface area contributed by atoms with Crippen molar-refractivity contribution >= 4 is 39.1 Å². The number of rotatable bonds is 1. The zero-order valence-corrected chi connectivity index (χ0v) is 6.92. The van der Waals surface area contributed by atoms with Crippen molar-refractivity contribution in [3.05, 3.63) is 9.74 Å². The highest BCUT2D eigenvalue weighted by Crippen LogP contribution is 2.12. The van der Waals surface area contributed by atoms with Crippen LogP contribution in [0.25, 0.3) is 0 Å². The molecule has 0 unspecified atom stereocenters. The van der Waals surface area contributed by atoms with Gasteiger partial charge < -0.3 is 0 Å². The molecular weight excluding hydrogens is 211 g/mol. The molecule has 1 heterocycles. The maximum absolute atomic E-state index is 5.40. The summed E-state index contributed by atoms with van der Waals surface area (Å²) in [5, 5.41) is 0. The third kappa shape index (κ3) is 1.40. The third-order valence-corrected chi connectivity index (χ3v) is 1.96. The van der Waals surface area contributed by atoms with Crippen LogP contribution in [0.4, 0.5) is 0 Å². The molecule has 0 radical (unpaired) electrons. The van der Waals surface area contributed by atoms with Crippen LogP contribution in [0, 0.1) is 0 Å². The van der Waals surface area contributed by atoms with E-state index in [-0.39, 0.29) is 0 Å². The summed E-state index contributed by atoms with van der Waals surface area (Å²) in [6.07, 6.45) is 0. The van der Waals surface area contributed by atoms with Crippen LogP contribution >= 0.6 is 39.1 Å². The van der Waals surface area contributed by atoms with Crippen molar-refractivity contribution in [1.82, 2.24) is 9.36 Å². The van der Waals surface area contributed by atoms with E-state index < -0.39 is 0 Å². The van der Waals surface area contributed by atoms with Gasteiger partial charge in [0.25, 0.3) is 0 Å². The fourth-order valence-corrected chi connectivity index (χ4v) is 1.33. The largest absolute Gasteiger partial charge is 0.211 e. The van der Waals surface area contributed by atoms with Gasteiger partial charge in [-0.05, 0) is 27.5 Å². The Morgan fingerprint density at radius 1 is 1.75 bits per heavy atom. The van der Waals surface area contributed by atoms with Gasteiger partial charge >= 0.3 is 0 Å². The van der Waals surface area contributed by atoms with E-state index in [1.165, 1.54) is 11.5 Å². The third-order valence-electron chi connectivity index (χ3n) is 0.563. The summed E-state index contributed by atoms with van der Waals surface area (Å²) >= 11 is 9.86. The minimum atomic E-state index is 0.391. The highest BCUT2D eigenvalue weighted by molar-refractivity contribution is 9.11. The van der Waals surface area contributed by atoms with E-state index >= 15 is 0 Å². The van der Waals surface area contributed by atoms with Crippen molar-refractivity contribution in [2.24, 2.45) is 0 Å². The average molecular weight is 213 g/mol. The second-order valence-corrected chi connectivity index (χ2v) is 3.39. The number of aromatic nitrogens is 2. The molecule has 8 heavy (non-hydrogen) atoms. The molecule has 1 aromatic rings. The normalized spacial score (nSPS) is 9.75. The Kier molecular flexibility index (Phi) is 2.22. The van der Waals surface area contributed by atoms with Crippen LogP contribution in [-0.2, 0) is 5.88 Å². The van der Waals surface area contributed by atoms with E-state index in [2.05, 4.69) is 25.3 Å². The summed E-state index contributed by atoms with van der Waals surface area (Å²) in [6, 6.07) is 0. The molecule has 0 fully saturated rings. The minimum Gasteiger partial charge on any atom is -0.211 e. The number of halogens is 2. The van der Waals surface area contributed by atoms with E-state index in [0.717, 1.165) is 3.92 Å². The zero-order valence-electron chi connectivity index (χ0n) is 3.77. The maximum Gasteiger partial charge on any atom is 0.179 e. The average Bonchev–Trinajstić information content (AvgIpc) is 2.14. The van der Waals surface area contributed by atoms with Crippen LogP contribution in [0.5, 0.6) is 0 Å². The molecule has 0 aliphatic rings. The smallest absolute Gasteiger partial charge is 0.179 e. The SMILES string of the molecule is ClCc1nsc(Br)n1. The van der Waals surface area contributed by atoms with Gasteiger partial charge in [-0.25, -0.2) is 4.98 Å². The van der Waals surface area contributed by atoms with Crippen molar-refractivity contribution in [3.8, 4) is 0 Å². The van der Waals surface area contributed by atoms with Gasteiger partial charge in [0.05, 0.1) is 5.88 Å². The second kappa shape index (κ2) is 2.75. The van der Waals surface area contributed by atoms with E-state index in [1.54, 1.807) is 0 Å². The molecule has 0 spiro atoms. The van der Waals surface area contributed by atoms with Crippen LogP contribution < -0.4 is 0 Å². The van der Waals surface area contributed by atoms with Gasteiger partial charge in [-0.1, -0.05) is 0 Å². The monoisotopic (exact) mass is 212 g/mol. The summed E-state index contributed by atoms with van der Waals surface area (Å²) in [6.45, 7) is 0. The lowest BCUT2D eigenvalue weighted by Gasteiger charge is -1.74. The molecule has 1 aromatic heterocycles. The fraction of sp³-hybridized carbons (Fsp3) is 0.333. The zero-order chi connectivity index (χ0) is 5.98. The Balaban J connectivity index is 2.84. The molecule has 2 nitrogen and oxygen atoms in total. The van der Waals surface area contributed by atoms with Gasteiger partial charge in [-0.3, -0.25) is 0 Å². The van der Waals surface area contributed by atoms with Gasteiger partial charge in [-0.15, -0.1) is 11.6 Å². The first-order chi connectivity index (χ1) is 3.83. The molecule has 0 aliphatic heterocycles. The Bertz CT molecular complexity index is 178. The molecule has 1 rings (SSSR count). The molecule has 5 heteroatoms. The lowest BCUT2D eigenvalue weighted by molar-refractivity contribution is 1.12. The van der Waals surface area contributed by atoms with Crippen LogP contribution in [0.15, 0.2) is 3.92 Å². The van der Waals surface area contributed by atoms with Crippen molar-refractivity contribution in [3.63, 3.8) is 0 Å². The topological polar surface area (TPSA) is 25.8 Å². The molecule has 0 saturated carbocycles. The maximum atomic E-state index is 5.40. The lowest BCUT2D eigenvalue weighted by atomic mass is 10.7. The second-order valence-electron chi connectivity index (χ2n) is 1.10. The van der Waals surface area contributed by atoms with Crippen LogP contribution in [0.2, 0.25) is 0 Å². The molecular formula is C3H2BrClN2S. The van der Waals surface area contributed by atoms with Gasteiger partial charge in [0.1, 0.15) is 0 Å². The number of nitrogens with zero attached hydrogens (tertiary/aromatic N) is 2. The summed E-state index contributed by atoms with van der Waals surface area (Å²) in [5.41, 5.74) is 0. The molecule has 0 N–H and O–H groups in total. The molecule has 0 bridgehead atoms. The summed E-state index contributed by atoms with van der Waals surface area (Å²) in [5.74, 6) is 1.07. The summed E-state index contributed by atoms with van der Waals surface area (Å²) in [4.78, 5) is 3.92. The van der Waals surface area contributed by atoms with E-state index in [1.807, 2.05) is 0 Å². The predicted molar refractivity (Wildman–Crippen MR) is 37.2 cm³/mol. The van der Waals surface area contributed by atoms with Gasteiger partial charge in [0.2, 0.25) is 0 Å². The van der Waals surface area contributed by atoms with Crippen LogP contribution in [0.1, 0.15) is 5.82 Å². The van der Waals surface area contributed by atoms with Crippen molar-refractivity contribution in [1.29, 1.82) is 0 Å². The van der Waals surface area contributed by atoms with E-state index in [0.29, 0.717) is 11.7 Å². The molecule has 0 saturated heterocycles. The van der Waals surface area contributed by atoms with Crippen molar-refractivity contribution < 1.29 is 0 Å². The Labute approximate surface area is 64.2 Å². The molecule has 0 atom stereocenters. The lowest BCUT2D eigenvalue weighted by Crippen LogP contribution is -1.76. The Morgan fingerprint density at radius 2 is 2.50 bits per heavy atom. The number of hydrogen-bond donors (Lipinski definition) is 0. The first-order valence-electron chi connectivity index (χ1n) is 1.87. The predicted octanol–water partition coefficient (Wildman–Crippen LogP) is 2.04. The summed E-state index contributed by atoms with van der Waals surface area (Å²) in [7, 11) is 0. The van der Waals surface area contributed by atoms with Crippen LogP contribution in [-0.4, -0.2) is 9.36 Å². The van der Waals surface area contributed by atoms with Crippen LogP contribution in [0.3, 0.4) is 0 Å². The standard InChI is InChI=1S/C3H2BrClN2S/c4-3-6-2(1-5)7-8-3/h1H2. The van der Waals surface area contributed by atoms with Gasteiger partial charge in [0, 0.05) is 0 Å². The first-order valence-corrected chi connectivity index (χ1v) is 3.97. The van der Waals surface area contributed by atoms with Crippen molar-refractivity contribution in [2.45, 2.75) is 5.88 Å². The molecule has 44 valence electrons. The summed E-state index contributed by atoms with van der Waals surface area (Å²) < 4.78 is 4.67. The van der Waals surface area contributed by atoms with E-state index in [4.69, 9.17) is 11.6 Å². The molecule has 0 aliphatic carbocycles. The number of hydrogen-bond acceptors (Lipinski definition) is 3. The highest BCUT2D eigenvalue weighted by Gasteiger charge is 1.96. The number of alkyl halides is 1.